The molecular weight excluding hydrogens is 400 g/mol. The summed E-state index contributed by atoms with van der Waals surface area (Å²) in [7, 11) is -3.62. The van der Waals surface area contributed by atoms with Crippen LogP contribution in [0.3, 0.4) is 0 Å². The summed E-state index contributed by atoms with van der Waals surface area (Å²) in [5.41, 5.74) is 3.30. The average Bonchev–Trinajstić information content (AvgIpc) is 3.25. The van der Waals surface area contributed by atoms with Gasteiger partial charge in [-0.3, -0.25) is 9.10 Å². The first-order chi connectivity index (χ1) is 14.3. The summed E-state index contributed by atoms with van der Waals surface area (Å²) in [4.78, 5) is 16.6. The smallest absolute Gasteiger partial charge is 0.241 e. The SMILES string of the molecule is CC(C)c1ccccc1N(CC(=O)NCc1ccc(-n2ccnc2)cc1)S(C)(=O)=O. The molecule has 158 valence electrons. The minimum Gasteiger partial charge on any atom is -0.350 e. The van der Waals surface area contributed by atoms with Gasteiger partial charge in [0.25, 0.3) is 0 Å². The van der Waals surface area contributed by atoms with Crippen LogP contribution >= 0.6 is 0 Å². The van der Waals surface area contributed by atoms with Crippen molar-refractivity contribution >= 4 is 21.6 Å². The van der Waals surface area contributed by atoms with Gasteiger partial charge in [0.05, 0.1) is 18.3 Å². The molecule has 0 radical (unpaired) electrons. The van der Waals surface area contributed by atoms with E-state index >= 15 is 0 Å². The second kappa shape index (κ2) is 9.13. The maximum atomic E-state index is 12.6. The fourth-order valence-corrected chi connectivity index (χ4v) is 4.04. The number of rotatable bonds is 8. The summed E-state index contributed by atoms with van der Waals surface area (Å²) >= 11 is 0. The zero-order chi connectivity index (χ0) is 21.7. The summed E-state index contributed by atoms with van der Waals surface area (Å²) in [6.45, 7) is 4.03. The predicted molar refractivity (Wildman–Crippen MR) is 118 cm³/mol. The van der Waals surface area contributed by atoms with Gasteiger partial charge in [-0.15, -0.1) is 0 Å². The van der Waals surface area contributed by atoms with Crippen LogP contribution in [0.15, 0.2) is 67.3 Å². The molecule has 1 aromatic heterocycles. The monoisotopic (exact) mass is 426 g/mol. The summed E-state index contributed by atoms with van der Waals surface area (Å²) in [5.74, 6) is -0.236. The molecule has 1 heterocycles. The van der Waals surface area contributed by atoms with Crippen molar-refractivity contribution in [2.75, 3.05) is 17.1 Å². The molecule has 1 N–H and O–H groups in total. The average molecular weight is 427 g/mol. The molecule has 0 aliphatic heterocycles. The van der Waals surface area contributed by atoms with Crippen molar-refractivity contribution < 1.29 is 13.2 Å². The lowest BCUT2D eigenvalue weighted by molar-refractivity contribution is -0.119. The Bertz CT molecular complexity index is 1090. The number of hydrogen-bond acceptors (Lipinski definition) is 4. The first kappa shape index (κ1) is 21.6. The quantitative estimate of drug-likeness (QED) is 0.600. The number of carbonyl (C=O) groups excluding carboxylic acids is 1. The maximum Gasteiger partial charge on any atom is 0.241 e. The highest BCUT2D eigenvalue weighted by atomic mass is 32.2. The van der Waals surface area contributed by atoms with Crippen molar-refractivity contribution in [2.24, 2.45) is 0 Å². The van der Waals surface area contributed by atoms with Crippen molar-refractivity contribution in [3.8, 4) is 5.69 Å². The van der Waals surface area contributed by atoms with Crippen LogP contribution in [0.4, 0.5) is 5.69 Å². The first-order valence-corrected chi connectivity index (χ1v) is 11.5. The van der Waals surface area contributed by atoms with Crippen LogP contribution in [0.5, 0.6) is 0 Å². The molecule has 0 fully saturated rings. The molecule has 0 saturated carbocycles. The van der Waals surface area contributed by atoms with Crippen LogP contribution in [0, 0.1) is 0 Å². The number of amides is 1. The normalized spacial score (nSPS) is 11.5. The molecule has 0 aliphatic carbocycles. The molecule has 2 aromatic carbocycles. The molecule has 30 heavy (non-hydrogen) atoms. The molecule has 0 bridgehead atoms. The largest absolute Gasteiger partial charge is 0.350 e. The summed E-state index contributed by atoms with van der Waals surface area (Å²) < 4.78 is 27.9. The lowest BCUT2D eigenvalue weighted by Gasteiger charge is -2.25. The third-order valence-corrected chi connectivity index (χ3v) is 5.87. The van der Waals surface area contributed by atoms with Crippen LogP contribution in [0.2, 0.25) is 0 Å². The van der Waals surface area contributed by atoms with Crippen LogP contribution < -0.4 is 9.62 Å². The van der Waals surface area contributed by atoms with E-state index in [1.54, 1.807) is 24.7 Å². The number of hydrogen-bond donors (Lipinski definition) is 1. The number of anilines is 1. The second-order valence-corrected chi connectivity index (χ2v) is 9.30. The number of nitrogens with zero attached hydrogens (tertiary/aromatic N) is 3. The minimum atomic E-state index is -3.62. The van der Waals surface area contributed by atoms with Gasteiger partial charge in [0.15, 0.2) is 0 Å². The lowest BCUT2D eigenvalue weighted by Crippen LogP contribution is -2.40. The van der Waals surface area contributed by atoms with Gasteiger partial charge in [0, 0.05) is 24.6 Å². The fourth-order valence-electron chi connectivity index (χ4n) is 3.17. The molecule has 8 heteroatoms. The van der Waals surface area contributed by atoms with Gasteiger partial charge in [0.2, 0.25) is 15.9 Å². The standard InChI is InChI=1S/C22H26N4O3S/c1-17(2)20-6-4-5-7-21(20)26(30(3,28)29)15-22(27)24-14-18-8-10-19(11-9-18)25-13-12-23-16-25/h4-13,16-17H,14-15H2,1-3H3,(H,24,27). The molecular formula is C22H26N4O3S. The van der Waals surface area contributed by atoms with Gasteiger partial charge in [-0.2, -0.15) is 0 Å². The van der Waals surface area contributed by atoms with E-state index in [9.17, 15) is 13.2 Å². The van der Waals surface area contributed by atoms with Gasteiger partial charge in [0.1, 0.15) is 6.54 Å². The molecule has 3 aromatic rings. The summed E-state index contributed by atoms with van der Waals surface area (Å²) in [5, 5.41) is 2.81. The second-order valence-electron chi connectivity index (χ2n) is 7.40. The van der Waals surface area contributed by atoms with Crippen molar-refractivity contribution in [1.82, 2.24) is 14.9 Å². The van der Waals surface area contributed by atoms with E-state index in [-0.39, 0.29) is 18.4 Å². The highest BCUT2D eigenvalue weighted by Crippen LogP contribution is 2.28. The van der Waals surface area contributed by atoms with Crippen molar-refractivity contribution in [2.45, 2.75) is 26.3 Å². The molecule has 0 atom stereocenters. The molecule has 3 rings (SSSR count). The maximum absolute atomic E-state index is 12.6. The lowest BCUT2D eigenvalue weighted by atomic mass is 10.0. The molecule has 0 aliphatic rings. The Labute approximate surface area is 177 Å². The van der Waals surface area contributed by atoms with E-state index in [0.717, 1.165) is 23.1 Å². The van der Waals surface area contributed by atoms with Gasteiger partial charge in [-0.1, -0.05) is 44.2 Å². The Kier molecular flexibility index (Phi) is 6.56. The number of aromatic nitrogens is 2. The molecule has 0 saturated heterocycles. The number of para-hydroxylation sites is 1. The van der Waals surface area contributed by atoms with E-state index in [4.69, 9.17) is 0 Å². The van der Waals surface area contributed by atoms with Crippen LogP contribution in [-0.4, -0.2) is 36.7 Å². The first-order valence-electron chi connectivity index (χ1n) is 9.66. The Morgan fingerprint density at radius 3 is 2.43 bits per heavy atom. The predicted octanol–water partition coefficient (Wildman–Crippen LogP) is 3.08. The summed E-state index contributed by atoms with van der Waals surface area (Å²) in [6.07, 6.45) is 6.39. The van der Waals surface area contributed by atoms with Crippen molar-refractivity contribution in [3.05, 3.63) is 78.4 Å². The van der Waals surface area contributed by atoms with E-state index in [1.165, 1.54) is 4.31 Å². The highest BCUT2D eigenvalue weighted by molar-refractivity contribution is 7.92. The minimum absolute atomic E-state index is 0.127. The molecule has 0 spiro atoms. The Balaban J connectivity index is 1.69. The van der Waals surface area contributed by atoms with Crippen LogP contribution in [0.1, 0.15) is 30.9 Å². The number of imidazole rings is 1. The van der Waals surface area contributed by atoms with Gasteiger partial charge < -0.3 is 9.88 Å². The Morgan fingerprint density at radius 1 is 1.13 bits per heavy atom. The zero-order valence-electron chi connectivity index (χ0n) is 17.3. The molecule has 1 amide bonds. The van der Waals surface area contributed by atoms with E-state index in [0.29, 0.717) is 12.2 Å². The summed E-state index contributed by atoms with van der Waals surface area (Å²) in [6, 6.07) is 15.0. The zero-order valence-corrected chi connectivity index (χ0v) is 18.1. The molecule has 0 unspecified atom stereocenters. The number of sulfonamides is 1. The third-order valence-electron chi connectivity index (χ3n) is 4.74. The van der Waals surface area contributed by atoms with Gasteiger partial charge >= 0.3 is 0 Å². The topological polar surface area (TPSA) is 84.3 Å². The Hall–Kier alpha value is -3.13. The number of nitrogens with one attached hydrogen (secondary N) is 1. The highest BCUT2D eigenvalue weighted by Gasteiger charge is 2.23. The fraction of sp³-hybridized carbons (Fsp3) is 0.273. The van der Waals surface area contributed by atoms with Gasteiger partial charge in [-0.25, -0.2) is 13.4 Å². The Morgan fingerprint density at radius 2 is 1.83 bits per heavy atom. The van der Waals surface area contributed by atoms with Crippen molar-refractivity contribution in [1.29, 1.82) is 0 Å². The van der Waals surface area contributed by atoms with E-state index in [2.05, 4.69) is 10.3 Å². The van der Waals surface area contributed by atoms with Crippen LogP contribution in [-0.2, 0) is 21.4 Å². The van der Waals surface area contributed by atoms with Crippen molar-refractivity contribution in [3.63, 3.8) is 0 Å². The number of carbonyl (C=O) groups is 1. The molecule has 7 nitrogen and oxygen atoms in total. The van der Waals surface area contributed by atoms with Gasteiger partial charge in [-0.05, 0) is 35.2 Å². The number of benzene rings is 2. The van der Waals surface area contributed by atoms with E-state index < -0.39 is 10.0 Å². The van der Waals surface area contributed by atoms with Crippen LogP contribution in [0.25, 0.3) is 5.69 Å². The van der Waals surface area contributed by atoms with E-state index in [1.807, 2.05) is 61.0 Å². The third kappa shape index (κ3) is 5.27.